The highest BCUT2D eigenvalue weighted by atomic mass is 35.5. The topological polar surface area (TPSA) is 73.6 Å². The molecule has 1 heterocycles. The first kappa shape index (κ1) is 19.1. The predicted octanol–water partition coefficient (Wildman–Crippen LogP) is 3.07. The zero-order valence-corrected chi connectivity index (χ0v) is 15.1. The van der Waals surface area contributed by atoms with Crippen molar-refractivity contribution in [2.45, 2.75) is 25.9 Å². The summed E-state index contributed by atoms with van der Waals surface area (Å²) in [7, 11) is 0. The van der Waals surface area contributed by atoms with Crippen molar-refractivity contribution in [3.05, 3.63) is 59.2 Å². The standard InChI is InChI=1S/C19H22N2O3.ClH/c1-12-3-5-14(6-4-12)18(20)19(22)21-13(2)15-7-8-16-17(11-15)24-10-9-23-16;/h3-8,11,13,18H,9-10,20H2,1-2H3,(H,21,22);1H. The van der Waals surface area contributed by atoms with Crippen LogP contribution in [0.3, 0.4) is 0 Å². The van der Waals surface area contributed by atoms with Crippen molar-refractivity contribution in [3.63, 3.8) is 0 Å². The van der Waals surface area contributed by atoms with Gasteiger partial charge < -0.3 is 20.5 Å². The van der Waals surface area contributed by atoms with E-state index in [0.717, 1.165) is 22.4 Å². The zero-order valence-electron chi connectivity index (χ0n) is 14.3. The molecule has 25 heavy (non-hydrogen) atoms. The third-order valence-electron chi connectivity index (χ3n) is 4.14. The Morgan fingerprint density at radius 2 is 1.64 bits per heavy atom. The lowest BCUT2D eigenvalue weighted by atomic mass is 10.0. The second-order valence-corrected chi connectivity index (χ2v) is 6.02. The number of ether oxygens (including phenoxy) is 2. The number of nitrogens with two attached hydrogens (primary N) is 1. The van der Waals surface area contributed by atoms with Crippen LogP contribution in [-0.4, -0.2) is 19.1 Å². The van der Waals surface area contributed by atoms with Crippen LogP contribution >= 0.6 is 12.4 Å². The van der Waals surface area contributed by atoms with Crippen molar-refractivity contribution in [2.24, 2.45) is 5.73 Å². The van der Waals surface area contributed by atoms with E-state index in [-0.39, 0.29) is 24.4 Å². The molecule has 134 valence electrons. The maximum absolute atomic E-state index is 12.4. The maximum Gasteiger partial charge on any atom is 0.241 e. The second-order valence-electron chi connectivity index (χ2n) is 6.02. The number of fused-ring (bicyclic) bond motifs is 1. The molecule has 0 aliphatic carbocycles. The van der Waals surface area contributed by atoms with E-state index < -0.39 is 6.04 Å². The maximum atomic E-state index is 12.4. The molecular weight excluding hydrogens is 340 g/mol. The van der Waals surface area contributed by atoms with Gasteiger partial charge in [-0.2, -0.15) is 0 Å². The number of rotatable bonds is 4. The predicted molar refractivity (Wildman–Crippen MR) is 99.3 cm³/mol. The molecule has 5 nitrogen and oxygen atoms in total. The third-order valence-corrected chi connectivity index (χ3v) is 4.14. The lowest BCUT2D eigenvalue weighted by molar-refractivity contribution is -0.123. The van der Waals surface area contributed by atoms with Crippen molar-refractivity contribution < 1.29 is 14.3 Å². The van der Waals surface area contributed by atoms with Crippen molar-refractivity contribution in [1.82, 2.24) is 5.32 Å². The first-order valence-electron chi connectivity index (χ1n) is 8.06. The highest BCUT2D eigenvalue weighted by Crippen LogP contribution is 2.32. The van der Waals surface area contributed by atoms with E-state index in [0.29, 0.717) is 19.0 Å². The van der Waals surface area contributed by atoms with Crippen LogP contribution in [0.4, 0.5) is 0 Å². The fourth-order valence-corrected chi connectivity index (χ4v) is 2.64. The Bertz CT molecular complexity index is 734. The van der Waals surface area contributed by atoms with E-state index in [4.69, 9.17) is 15.2 Å². The molecule has 0 radical (unpaired) electrons. The van der Waals surface area contributed by atoms with Gasteiger partial charge in [0, 0.05) is 0 Å². The van der Waals surface area contributed by atoms with Gasteiger partial charge in [-0.1, -0.05) is 35.9 Å². The molecule has 1 amide bonds. The Morgan fingerprint density at radius 3 is 2.32 bits per heavy atom. The molecule has 3 rings (SSSR count). The van der Waals surface area contributed by atoms with Gasteiger partial charge in [-0.05, 0) is 37.1 Å². The number of carbonyl (C=O) groups is 1. The molecule has 0 saturated carbocycles. The summed E-state index contributed by atoms with van der Waals surface area (Å²) in [6.07, 6.45) is 0. The summed E-state index contributed by atoms with van der Waals surface area (Å²) < 4.78 is 11.1. The Morgan fingerprint density at radius 1 is 1.04 bits per heavy atom. The fraction of sp³-hybridized carbons (Fsp3) is 0.316. The summed E-state index contributed by atoms with van der Waals surface area (Å²) in [5.74, 6) is 1.24. The van der Waals surface area contributed by atoms with E-state index in [1.807, 2.05) is 56.3 Å². The zero-order chi connectivity index (χ0) is 17.1. The molecule has 1 aliphatic rings. The van der Waals surface area contributed by atoms with Crippen molar-refractivity contribution in [2.75, 3.05) is 13.2 Å². The van der Waals surface area contributed by atoms with Crippen LogP contribution in [0.2, 0.25) is 0 Å². The number of hydrogen-bond acceptors (Lipinski definition) is 4. The van der Waals surface area contributed by atoms with E-state index in [2.05, 4.69) is 5.32 Å². The van der Waals surface area contributed by atoms with Crippen molar-refractivity contribution in [3.8, 4) is 11.5 Å². The summed E-state index contributed by atoms with van der Waals surface area (Å²) in [5.41, 5.74) is 8.95. The highest BCUT2D eigenvalue weighted by molar-refractivity contribution is 5.85. The van der Waals surface area contributed by atoms with Crippen molar-refractivity contribution in [1.29, 1.82) is 0 Å². The van der Waals surface area contributed by atoms with Crippen LogP contribution in [0, 0.1) is 6.92 Å². The Balaban J connectivity index is 0.00000225. The molecule has 6 heteroatoms. The minimum Gasteiger partial charge on any atom is -0.486 e. The summed E-state index contributed by atoms with van der Waals surface area (Å²) in [6, 6.07) is 12.5. The molecular formula is C19H23ClN2O3. The molecule has 0 fully saturated rings. The average molecular weight is 363 g/mol. The van der Waals surface area contributed by atoms with E-state index >= 15 is 0 Å². The molecule has 2 aromatic rings. The number of halogens is 1. The number of aryl methyl sites for hydroxylation is 1. The fourth-order valence-electron chi connectivity index (χ4n) is 2.64. The van der Waals surface area contributed by atoms with Gasteiger partial charge in [0.2, 0.25) is 5.91 Å². The molecule has 2 atom stereocenters. The van der Waals surface area contributed by atoms with Gasteiger partial charge >= 0.3 is 0 Å². The quantitative estimate of drug-likeness (QED) is 0.876. The van der Waals surface area contributed by atoms with Gasteiger partial charge in [0.15, 0.2) is 11.5 Å². The Kier molecular flexibility index (Phi) is 6.28. The number of benzene rings is 2. The number of nitrogens with one attached hydrogen (secondary N) is 1. The van der Waals surface area contributed by atoms with Crippen LogP contribution < -0.4 is 20.5 Å². The Labute approximate surface area is 153 Å². The monoisotopic (exact) mass is 362 g/mol. The number of amides is 1. The second kappa shape index (κ2) is 8.23. The first-order chi connectivity index (χ1) is 11.5. The molecule has 2 unspecified atom stereocenters. The molecule has 0 bridgehead atoms. The van der Waals surface area contributed by atoms with Crippen molar-refractivity contribution >= 4 is 18.3 Å². The highest BCUT2D eigenvalue weighted by Gasteiger charge is 2.20. The average Bonchev–Trinajstić information content (AvgIpc) is 2.61. The van der Waals surface area contributed by atoms with Gasteiger partial charge in [0.05, 0.1) is 6.04 Å². The largest absolute Gasteiger partial charge is 0.486 e. The number of carbonyl (C=O) groups excluding carboxylic acids is 1. The van der Waals surface area contributed by atoms with Crippen LogP contribution in [-0.2, 0) is 4.79 Å². The van der Waals surface area contributed by atoms with Gasteiger partial charge in [0.1, 0.15) is 19.3 Å². The van der Waals surface area contributed by atoms with Gasteiger partial charge in [-0.25, -0.2) is 0 Å². The van der Waals surface area contributed by atoms with E-state index in [1.165, 1.54) is 0 Å². The van der Waals surface area contributed by atoms with Crippen LogP contribution in [0.25, 0.3) is 0 Å². The molecule has 0 saturated heterocycles. The van der Waals surface area contributed by atoms with Gasteiger partial charge in [-0.15, -0.1) is 12.4 Å². The van der Waals surface area contributed by atoms with Gasteiger partial charge in [-0.3, -0.25) is 4.79 Å². The smallest absolute Gasteiger partial charge is 0.241 e. The SMILES string of the molecule is Cc1ccc(C(N)C(=O)NC(C)c2ccc3c(c2)OCCO3)cc1.Cl. The lowest BCUT2D eigenvalue weighted by Gasteiger charge is -2.22. The molecule has 0 spiro atoms. The lowest BCUT2D eigenvalue weighted by Crippen LogP contribution is -2.35. The summed E-state index contributed by atoms with van der Waals surface area (Å²) >= 11 is 0. The molecule has 1 aliphatic heterocycles. The minimum absolute atomic E-state index is 0. The molecule has 2 aromatic carbocycles. The normalized spacial score (nSPS) is 14.8. The van der Waals surface area contributed by atoms with Gasteiger partial charge in [0.25, 0.3) is 0 Å². The third kappa shape index (κ3) is 4.44. The van der Waals surface area contributed by atoms with Crippen LogP contribution in [0.5, 0.6) is 11.5 Å². The number of hydrogen-bond donors (Lipinski definition) is 2. The van der Waals surface area contributed by atoms with Crippen LogP contribution in [0.1, 0.15) is 35.7 Å². The summed E-state index contributed by atoms with van der Waals surface area (Å²) in [6.45, 7) is 5.02. The molecule has 0 aromatic heterocycles. The molecule has 3 N–H and O–H groups in total. The Hall–Kier alpha value is -2.24. The summed E-state index contributed by atoms with van der Waals surface area (Å²) in [4.78, 5) is 12.4. The minimum atomic E-state index is -0.690. The van der Waals surface area contributed by atoms with E-state index in [9.17, 15) is 4.79 Å². The van der Waals surface area contributed by atoms with E-state index in [1.54, 1.807) is 0 Å². The summed E-state index contributed by atoms with van der Waals surface area (Å²) in [5, 5.41) is 2.96. The van der Waals surface area contributed by atoms with Crippen LogP contribution in [0.15, 0.2) is 42.5 Å². The first-order valence-corrected chi connectivity index (χ1v) is 8.06.